The molecule has 2 N–H and O–H groups in total. The number of aliphatic imine (C=N–C) groups is 1. The van der Waals surface area contributed by atoms with Gasteiger partial charge in [-0.2, -0.15) is 0 Å². The van der Waals surface area contributed by atoms with Gasteiger partial charge in [0.1, 0.15) is 5.82 Å². The largest absolute Gasteiger partial charge is 0.387 e. The summed E-state index contributed by atoms with van der Waals surface area (Å²) in [6.07, 6.45) is 0.656. The van der Waals surface area contributed by atoms with Crippen molar-refractivity contribution in [1.82, 2.24) is 0 Å². The van der Waals surface area contributed by atoms with E-state index in [0.717, 1.165) is 4.47 Å². The lowest BCUT2D eigenvalue weighted by atomic mass is 10.3. The summed E-state index contributed by atoms with van der Waals surface area (Å²) in [5.74, 6) is 0.178. The van der Waals surface area contributed by atoms with Crippen LogP contribution >= 0.6 is 15.9 Å². The number of amidine groups is 1. The minimum absolute atomic E-state index is 0.314. The second-order valence-electron chi connectivity index (χ2n) is 2.55. The van der Waals surface area contributed by atoms with Gasteiger partial charge in [0, 0.05) is 17.0 Å². The van der Waals surface area contributed by atoms with Gasteiger partial charge in [0.05, 0.1) is 11.5 Å². The molecule has 0 aromatic heterocycles. The van der Waals surface area contributed by atoms with Crippen LogP contribution in [0.2, 0.25) is 0 Å². The van der Waals surface area contributed by atoms with E-state index in [2.05, 4.69) is 20.9 Å². The maximum Gasteiger partial charge on any atom is 0.125 e. The zero-order valence-corrected chi connectivity index (χ0v) is 8.81. The standard InChI is InChI=1S/C9H10BrFN2/c1-2-9(12)13-8-5-6(11)3-4-7(8)10/h3-5H,2H2,1H3,(H2,12,13). The first kappa shape index (κ1) is 10.2. The molecule has 0 amide bonds. The molecule has 0 heterocycles. The first-order valence-electron chi connectivity index (χ1n) is 3.91. The van der Waals surface area contributed by atoms with Gasteiger partial charge in [-0.1, -0.05) is 6.92 Å². The van der Waals surface area contributed by atoms with E-state index in [9.17, 15) is 4.39 Å². The van der Waals surface area contributed by atoms with Crippen molar-refractivity contribution in [2.45, 2.75) is 13.3 Å². The maximum absolute atomic E-state index is 12.8. The van der Waals surface area contributed by atoms with Gasteiger partial charge in [-0.3, -0.25) is 0 Å². The number of benzene rings is 1. The van der Waals surface area contributed by atoms with E-state index >= 15 is 0 Å². The van der Waals surface area contributed by atoms with Gasteiger partial charge in [-0.15, -0.1) is 0 Å². The zero-order valence-electron chi connectivity index (χ0n) is 7.22. The predicted octanol–water partition coefficient (Wildman–Crippen LogP) is 2.99. The van der Waals surface area contributed by atoms with E-state index in [4.69, 9.17) is 5.73 Å². The molecule has 1 rings (SSSR count). The van der Waals surface area contributed by atoms with Crippen LogP contribution in [0.3, 0.4) is 0 Å². The SMILES string of the molecule is CCC(N)=Nc1cc(F)ccc1Br. The molecule has 0 unspecified atom stereocenters. The molecule has 0 fully saturated rings. The van der Waals surface area contributed by atoms with E-state index < -0.39 is 0 Å². The number of nitrogens with two attached hydrogens (primary N) is 1. The average Bonchev–Trinajstić information content (AvgIpc) is 2.11. The quantitative estimate of drug-likeness (QED) is 0.631. The summed E-state index contributed by atoms with van der Waals surface area (Å²) in [4.78, 5) is 4.05. The third kappa shape index (κ3) is 2.81. The lowest BCUT2D eigenvalue weighted by molar-refractivity contribution is 0.628. The second kappa shape index (κ2) is 4.37. The Morgan fingerprint density at radius 2 is 2.31 bits per heavy atom. The molecule has 0 aliphatic carbocycles. The molecule has 0 atom stereocenters. The van der Waals surface area contributed by atoms with Gasteiger partial charge in [0.25, 0.3) is 0 Å². The Bertz CT molecular complexity index is 336. The molecule has 70 valence electrons. The molecule has 2 nitrogen and oxygen atoms in total. The molecule has 0 aliphatic heterocycles. The molecule has 0 radical (unpaired) electrons. The number of hydrogen-bond acceptors (Lipinski definition) is 1. The monoisotopic (exact) mass is 244 g/mol. The Hall–Kier alpha value is -0.900. The molecule has 1 aromatic rings. The lowest BCUT2D eigenvalue weighted by Crippen LogP contribution is -2.08. The van der Waals surface area contributed by atoms with E-state index in [1.165, 1.54) is 12.1 Å². The Kier molecular flexibility index (Phi) is 3.42. The molecule has 0 saturated carbocycles. The Labute approximate surface area is 84.8 Å². The molecule has 0 spiro atoms. The molecule has 0 bridgehead atoms. The fourth-order valence-corrected chi connectivity index (χ4v) is 1.14. The highest BCUT2D eigenvalue weighted by Crippen LogP contribution is 2.25. The molecular formula is C9H10BrFN2. The topological polar surface area (TPSA) is 38.4 Å². The van der Waals surface area contributed by atoms with Crippen molar-refractivity contribution in [2.24, 2.45) is 10.7 Å². The van der Waals surface area contributed by atoms with Gasteiger partial charge in [-0.25, -0.2) is 9.38 Å². The first-order chi connectivity index (χ1) is 6.13. The van der Waals surface area contributed by atoms with Crippen LogP contribution < -0.4 is 5.73 Å². The molecule has 4 heteroatoms. The fraction of sp³-hybridized carbons (Fsp3) is 0.222. The van der Waals surface area contributed by atoms with Gasteiger partial charge in [0.15, 0.2) is 0 Å². The number of hydrogen-bond donors (Lipinski definition) is 1. The smallest absolute Gasteiger partial charge is 0.125 e. The lowest BCUT2D eigenvalue weighted by Gasteiger charge is -1.99. The van der Waals surface area contributed by atoms with Crippen molar-refractivity contribution in [1.29, 1.82) is 0 Å². The van der Waals surface area contributed by atoms with Crippen LogP contribution in [-0.2, 0) is 0 Å². The van der Waals surface area contributed by atoms with Gasteiger partial charge >= 0.3 is 0 Å². The van der Waals surface area contributed by atoms with Crippen molar-refractivity contribution in [3.8, 4) is 0 Å². The Morgan fingerprint density at radius 3 is 2.92 bits per heavy atom. The number of halogens is 2. The third-order valence-corrected chi connectivity index (χ3v) is 2.21. The Balaban J connectivity index is 3.07. The molecule has 1 aromatic carbocycles. The summed E-state index contributed by atoms with van der Waals surface area (Å²) < 4.78 is 13.5. The second-order valence-corrected chi connectivity index (χ2v) is 3.41. The van der Waals surface area contributed by atoms with Gasteiger partial charge < -0.3 is 5.73 Å². The van der Waals surface area contributed by atoms with Crippen LogP contribution in [0.4, 0.5) is 10.1 Å². The van der Waals surface area contributed by atoms with Crippen LogP contribution in [0.5, 0.6) is 0 Å². The van der Waals surface area contributed by atoms with E-state index in [1.807, 2.05) is 6.92 Å². The summed E-state index contributed by atoms with van der Waals surface area (Å²) in [5, 5.41) is 0. The maximum atomic E-state index is 12.8. The molecule has 13 heavy (non-hydrogen) atoms. The Morgan fingerprint density at radius 1 is 1.62 bits per heavy atom. The normalized spacial score (nSPS) is 11.8. The van der Waals surface area contributed by atoms with E-state index in [0.29, 0.717) is 17.9 Å². The summed E-state index contributed by atoms with van der Waals surface area (Å²) in [6, 6.07) is 4.31. The van der Waals surface area contributed by atoms with Crippen LogP contribution in [-0.4, -0.2) is 5.84 Å². The molecule has 0 saturated heterocycles. The van der Waals surface area contributed by atoms with E-state index in [1.54, 1.807) is 6.07 Å². The summed E-state index contributed by atoms with van der Waals surface area (Å²) >= 11 is 3.26. The van der Waals surface area contributed by atoms with Crippen molar-refractivity contribution >= 4 is 27.5 Å². The molecule has 0 aliphatic rings. The zero-order chi connectivity index (χ0) is 9.84. The van der Waals surface area contributed by atoms with Gasteiger partial charge in [-0.05, 0) is 28.1 Å². The summed E-state index contributed by atoms with van der Waals surface area (Å²) in [6.45, 7) is 1.89. The van der Waals surface area contributed by atoms with Crippen molar-refractivity contribution < 1.29 is 4.39 Å². The summed E-state index contributed by atoms with van der Waals surface area (Å²) in [7, 11) is 0. The van der Waals surface area contributed by atoms with Crippen LogP contribution in [0.15, 0.2) is 27.7 Å². The van der Waals surface area contributed by atoms with Crippen molar-refractivity contribution in [3.63, 3.8) is 0 Å². The fourth-order valence-electron chi connectivity index (χ4n) is 0.805. The summed E-state index contributed by atoms with van der Waals surface area (Å²) in [5.41, 5.74) is 6.06. The van der Waals surface area contributed by atoms with Crippen molar-refractivity contribution in [3.05, 3.63) is 28.5 Å². The minimum atomic E-state index is -0.314. The number of rotatable bonds is 2. The van der Waals surface area contributed by atoms with Crippen LogP contribution in [0, 0.1) is 5.82 Å². The highest BCUT2D eigenvalue weighted by Gasteiger charge is 2.00. The third-order valence-electron chi connectivity index (χ3n) is 1.53. The van der Waals surface area contributed by atoms with Gasteiger partial charge in [0.2, 0.25) is 0 Å². The molecular weight excluding hydrogens is 235 g/mol. The van der Waals surface area contributed by atoms with E-state index in [-0.39, 0.29) is 5.82 Å². The van der Waals surface area contributed by atoms with Crippen LogP contribution in [0.1, 0.15) is 13.3 Å². The van der Waals surface area contributed by atoms with Crippen molar-refractivity contribution in [2.75, 3.05) is 0 Å². The average molecular weight is 245 g/mol. The highest BCUT2D eigenvalue weighted by atomic mass is 79.9. The van der Waals surface area contributed by atoms with Crippen LogP contribution in [0.25, 0.3) is 0 Å². The first-order valence-corrected chi connectivity index (χ1v) is 4.71. The minimum Gasteiger partial charge on any atom is -0.387 e. The number of nitrogens with zero attached hydrogens (tertiary/aromatic N) is 1. The predicted molar refractivity (Wildman–Crippen MR) is 55.7 cm³/mol. The highest BCUT2D eigenvalue weighted by molar-refractivity contribution is 9.10.